The summed E-state index contributed by atoms with van der Waals surface area (Å²) in [6.07, 6.45) is 10.6. The minimum Gasteiger partial charge on any atom is -0.338 e. The average Bonchev–Trinajstić information content (AvgIpc) is 2.78. The van der Waals surface area contributed by atoms with Gasteiger partial charge in [-0.25, -0.2) is 8.42 Å². The molecule has 4 nitrogen and oxygen atoms in total. The number of rotatable bonds is 4. The van der Waals surface area contributed by atoms with E-state index in [1.807, 2.05) is 18.7 Å². The summed E-state index contributed by atoms with van der Waals surface area (Å²) >= 11 is 0. The molecule has 3 atom stereocenters. The predicted molar refractivity (Wildman–Crippen MR) is 103 cm³/mol. The van der Waals surface area contributed by atoms with E-state index in [1.165, 1.54) is 19.3 Å². The van der Waals surface area contributed by atoms with Crippen LogP contribution in [0.3, 0.4) is 0 Å². The highest BCUT2D eigenvalue weighted by molar-refractivity contribution is 7.93. The molecule has 0 aromatic carbocycles. The van der Waals surface area contributed by atoms with Gasteiger partial charge < -0.3 is 4.90 Å². The van der Waals surface area contributed by atoms with E-state index in [0.717, 1.165) is 63.3 Å². The predicted octanol–water partition coefficient (Wildman–Crippen LogP) is 3.80. The third kappa shape index (κ3) is 3.33. The molecule has 5 heteroatoms. The SMILES string of the molecule is CC(C)C(C(=O)N1CC2CC3CC(C2)CC1C3)S(=O)(=O)C1CCCCC1. The van der Waals surface area contributed by atoms with E-state index in [4.69, 9.17) is 0 Å². The molecule has 2 saturated heterocycles. The van der Waals surface area contributed by atoms with E-state index in [1.54, 1.807) is 0 Å². The van der Waals surface area contributed by atoms with Gasteiger partial charge in [-0.15, -0.1) is 0 Å². The third-order valence-corrected chi connectivity index (χ3v) is 10.5. The second-order valence-electron chi connectivity index (χ2n) is 9.93. The van der Waals surface area contributed by atoms with Crippen molar-refractivity contribution in [3.63, 3.8) is 0 Å². The van der Waals surface area contributed by atoms with Crippen molar-refractivity contribution >= 4 is 15.7 Å². The van der Waals surface area contributed by atoms with E-state index in [2.05, 4.69) is 0 Å². The second-order valence-corrected chi connectivity index (χ2v) is 12.3. The molecule has 3 saturated carbocycles. The first kappa shape index (κ1) is 18.8. The zero-order valence-electron chi connectivity index (χ0n) is 16.4. The Morgan fingerprint density at radius 2 is 1.46 bits per heavy atom. The topological polar surface area (TPSA) is 54.5 Å². The van der Waals surface area contributed by atoms with Crippen molar-refractivity contribution in [2.75, 3.05) is 6.54 Å². The van der Waals surface area contributed by atoms with Crippen LogP contribution in [-0.4, -0.2) is 42.3 Å². The van der Waals surface area contributed by atoms with Crippen molar-refractivity contribution in [2.45, 2.75) is 94.6 Å². The highest BCUT2D eigenvalue weighted by Gasteiger charge is 2.49. The standard InChI is InChI=1S/C21H35NO3S/c1-14(2)20(26(24,25)19-6-4-3-5-7-19)21(23)22-13-17-9-15-8-16(10-17)12-18(22)11-15/h14-20H,3-13H2,1-2H3. The van der Waals surface area contributed by atoms with Crippen LogP contribution in [0.5, 0.6) is 0 Å². The highest BCUT2D eigenvalue weighted by Crippen LogP contribution is 2.48. The maximum absolute atomic E-state index is 13.6. The molecule has 26 heavy (non-hydrogen) atoms. The number of carbonyl (C=O) groups is 1. The normalized spacial score (nSPS) is 36.3. The van der Waals surface area contributed by atoms with Crippen molar-refractivity contribution in [1.29, 1.82) is 0 Å². The van der Waals surface area contributed by atoms with Gasteiger partial charge in [0.15, 0.2) is 9.84 Å². The van der Waals surface area contributed by atoms with E-state index in [0.29, 0.717) is 12.0 Å². The molecule has 1 amide bonds. The number of sulfone groups is 1. The van der Waals surface area contributed by atoms with Gasteiger partial charge in [-0.05, 0) is 68.6 Å². The summed E-state index contributed by atoms with van der Waals surface area (Å²) in [6, 6.07) is 0.293. The fraction of sp³-hybridized carbons (Fsp3) is 0.952. The molecular formula is C21H35NO3S. The fourth-order valence-electron chi connectivity index (χ4n) is 6.62. The van der Waals surface area contributed by atoms with Gasteiger partial charge in [0.1, 0.15) is 5.25 Å². The summed E-state index contributed by atoms with van der Waals surface area (Å²) in [7, 11) is -3.41. The molecule has 2 aliphatic heterocycles. The molecule has 0 N–H and O–H groups in total. The molecular weight excluding hydrogens is 346 g/mol. The molecule has 5 rings (SSSR count). The summed E-state index contributed by atoms with van der Waals surface area (Å²) in [4.78, 5) is 15.6. The van der Waals surface area contributed by atoms with Crippen molar-refractivity contribution in [1.82, 2.24) is 4.90 Å². The second kappa shape index (κ2) is 7.10. The van der Waals surface area contributed by atoms with Crippen LogP contribution in [0.15, 0.2) is 0 Å². The van der Waals surface area contributed by atoms with Crippen molar-refractivity contribution in [3.05, 3.63) is 0 Å². The maximum atomic E-state index is 13.6. The third-order valence-electron chi connectivity index (χ3n) is 7.61. The summed E-state index contributed by atoms with van der Waals surface area (Å²) in [6.45, 7) is 4.65. The molecule has 2 heterocycles. The van der Waals surface area contributed by atoms with E-state index in [9.17, 15) is 13.2 Å². The molecule has 0 aromatic heterocycles. The van der Waals surface area contributed by atoms with Crippen LogP contribution in [0.1, 0.15) is 78.1 Å². The Morgan fingerprint density at radius 1 is 0.885 bits per heavy atom. The van der Waals surface area contributed by atoms with E-state index in [-0.39, 0.29) is 17.1 Å². The first-order valence-corrected chi connectivity index (χ1v) is 12.5. The summed E-state index contributed by atoms with van der Waals surface area (Å²) in [5.41, 5.74) is 0. The van der Waals surface area contributed by atoms with Crippen LogP contribution >= 0.6 is 0 Å². The maximum Gasteiger partial charge on any atom is 0.241 e. The minimum atomic E-state index is -3.41. The highest BCUT2D eigenvalue weighted by atomic mass is 32.2. The van der Waals surface area contributed by atoms with Crippen LogP contribution < -0.4 is 0 Å². The van der Waals surface area contributed by atoms with Gasteiger partial charge in [-0.2, -0.15) is 0 Å². The zero-order valence-corrected chi connectivity index (χ0v) is 17.2. The number of nitrogens with zero attached hydrogens (tertiary/aromatic N) is 1. The smallest absolute Gasteiger partial charge is 0.241 e. The Hall–Kier alpha value is -0.580. The molecule has 5 fully saturated rings. The number of fused-ring (bicyclic) bond motifs is 1. The Kier molecular flexibility index (Phi) is 5.13. The molecule has 0 aromatic rings. The lowest BCUT2D eigenvalue weighted by Crippen LogP contribution is -2.52. The Morgan fingerprint density at radius 3 is 2.04 bits per heavy atom. The van der Waals surface area contributed by atoms with Crippen LogP contribution in [0.2, 0.25) is 0 Å². The minimum absolute atomic E-state index is 0.0660. The molecule has 148 valence electrons. The molecule has 3 unspecified atom stereocenters. The number of carbonyl (C=O) groups excluding carboxylic acids is 1. The largest absolute Gasteiger partial charge is 0.338 e. The molecule has 0 spiro atoms. The first-order chi connectivity index (χ1) is 12.4. The summed E-state index contributed by atoms with van der Waals surface area (Å²) < 4.78 is 26.8. The summed E-state index contributed by atoms with van der Waals surface area (Å²) in [5, 5.41) is -1.13. The zero-order chi connectivity index (χ0) is 18.5. The van der Waals surface area contributed by atoms with Gasteiger partial charge in [-0.1, -0.05) is 33.1 Å². The van der Waals surface area contributed by atoms with Gasteiger partial charge in [0.25, 0.3) is 0 Å². The Labute approximate surface area is 159 Å². The molecule has 5 aliphatic rings. The van der Waals surface area contributed by atoms with Gasteiger partial charge >= 0.3 is 0 Å². The molecule has 0 radical (unpaired) electrons. The summed E-state index contributed by atoms with van der Waals surface area (Å²) in [5.74, 6) is 1.92. The van der Waals surface area contributed by atoms with E-state index < -0.39 is 15.1 Å². The Bertz CT molecular complexity index is 624. The van der Waals surface area contributed by atoms with Crippen LogP contribution in [0.25, 0.3) is 0 Å². The Balaban J connectivity index is 1.59. The lowest BCUT2D eigenvalue weighted by molar-refractivity contribution is -0.134. The van der Waals surface area contributed by atoms with Crippen LogP contribution in [-0.2, 0) is 14.6 Å². The lowest BCUT2D eigenvalue weighted by Gasteiger charge is -2.40. The number of amides is 1. The number of hydrogen-bond donors (Lipinski definition) is 0. The van der Waals surface area contributed by atoms with Crippen LogP contribution in [0, 0.1) is 23.7 Å². The van der Waals surface area contributed by atoms with Gasteiger partial charge in [0.2, 0.25) is 5.91 Å². The van der Waals surface area contributed by atoms with Gasteiger partial charge in [0.05, 0.1) is 5.25 Å². The lowest BCUT2D eigenvalue weighted by atomic mass is 9.68. The molecule has 4 bridgehead atoms. The first-order valence-electron chi connectivity index (χ1n) is 10.9. The van der Waals surface area contributed by atoms with Gasteiger partial charge in [0, 0.05) is 12.6 Å². The van der Waals surface area contributed by atoms with Crippen molar-refractivity contribution in [2.24, 2.45) is 23.7 Å². The van der Waals surface area contributed by atoms with Crippen molar-refractivity contribution in [3.8, 4) is 0 Å². The van der Waals surface area contributed by atoms with Crippen molar-refractivity contribution < 1.29 is 13.2 Å². The van der Waals surface area contributed by atoms with Crippen LogP contribution in [0.4, 0.5) is 0 Å². The fourth-order valence-corrected chi connectivity index (χ4v) is 9.20. The molecule has 3 aliphatic carbocycles. The average molecular weight is 382 g/mol. The van der Waals surface area contributed by atoms with Gasteiger partial charge in [-0.3, -0.25) is 4.79 Å². The quantitative estimate of drug-likeness (QED) is 0.744. The number of hydrogen-bond acceptors (Lipinski definition) is 3. The van der Waals surface area contributed by atoms with E-state index >= 15 is 0 Å². The monoisotopic (exact) mass is 381 g/mol.